The van der Waals surface area contributed by atoms with Crippen LogP contribution in [0.3, 0.4) is 0 Å². The molecular weight excluding hydrogens is 226 g/mol. The molecule has 2 rings (SSSR count). The predicted octanol–water partition coefficient (Wildman–Crippen LogP) is 0.479. The molecule has 1 heterocycles. The fourth-order valence-electron chi connectivity index (χ4n) is 1.45. The second-order valence-corrected chi connectivity index (χ2v) is 4.61. The zero-order valence-electron chi connectivity index (χ0n) is 8.40. The van der Waals surface area contributed by atoms with Gasteiger partial charge in [0.05, 0.1) is 10.9 Å². The van der Waals surface area contributed by atoms with Crippen molar-refractivity contribution in [3.63, 3.8) is 0 Å². The van der Waals surface area contributed by atoms with Gasteiger partial charge in [-0.05, 0) is 12.1 Å². The van der Waals surface area contributed by atoms with Crippen molar-refractivity contribution in [3.05, 3.63) is 24.3 Å². The van der Waals surface area contributed by atoms with E-state index in [1.807, 2.05) is 29.7 Å². The van der Waals surface area contributed by atoms with Gasteiger partial charge in [0.2, 0.25) is 11.8 Å². The maximum atomic E-state index is 11.7. The van der Waals surface area contributed by atoms with Crippen LogP contribution in [0, 0.1) is 0 Å². The van der Waals surface area contributed by atoms with Gasteiger partial charge >= 0.3 is 0 Å². The van der Waals surface area contributed by atoms with Gasteiger partial charge in [-0.2, -0.15) is 0 Å². The third-order valence-electron chi connectivity index (χ3n) is 2.24. The summed E-state index contributed by atoms with van der Waals surface area (Å²) >= 11 is 1.38. The first-order valence-corrected chi connectivity index (χ1v) is 5.64. The number of amides is 2. The van der Waals surface area contributed by atoms with Gasteiger partial charge < -0.3 is 5.32 Å². The highest BCUT2D eigenvalue weighted by molar-refractivity contribution is 8.01. The van der Waals surface area contributed by atoms with Crippen molar-refractivity contribution >= 4 is 29.3 Å². The third-order valence-corrected chi connectivity index (χ3v) is 3.51. The average molecular weight is 237 g/mol. The standard InChI is InChI=1S/C10H11N3O2S/c11-13-9(14)5-8-10(15)12-6-3-1-2-4-7(6)16-8/h1-4,8H,5,11H2,(H,12,15)(H,13,14)/t8-/m0/s1. The number of carbonyl (C=O) groups is 2. The molecule has 5 nitrogen and oxygen atoms in total. The Bertz CT molecular complexity index is 436. The summed E-state index contributed by atoms with van der Waals surface area (Å²) < 4.78 is 0. The molecule has 1 aliphatic heterocycles. The highest BCUT2D eigenvalue weighted by atomic mass is 32.2. The first-order valence-electron chi connectivity index (χ1n) is 4.76. The van der Waals surface area contributed by atoms with E-state index in [0.717, 1.165) is 10.6 Å². The highest BCUT2D eigenvalue weighted by Crippen LogP contribution is 2.36. The van der Waals surface area contributed by atoms with Crippen molar-refractivity contribution in [2.75, 3.05) is 5.32 Å². The van der Waals surface area contributed by atoms with Gasteiger partial charge in [-0.3, -0.25) is 15.0 Å². The van der Waals surface area contributed by atoms with Gasteiger partial charge in [0.1, 0.15) is 0 Å². The van der Waals surface area contributed by atoms with E-state index in [-0.39, 0.29) is 18.2 Å². The number of nitrogens with two attached hydrogens (primary N) is 1. The molecule has 1 aromatic carbocycles. The predicted molar refractivity (Wildman–Crippen MR) is 61.7 cm³/mol. The van der Waals surface area contributed by atoms with Gasteiger partial charge in [0.15, 0.2) is 0 Å². The van der Waals surface area contributed by atoms with Crippen molar-refractivity contribution < 1.29 is 9.59 Å². The Hall–Kier alpha value is -1.53. The second-order valence-electron chi connectivity index (χ2n) is 3.36. The van der Waals surface area contributed by atoms with Gasteiger partial charge in [0.25, 0.3) is 0 Å². The van der Waals surface area contributed by atoms with E-state index in [0.29, 0.717) is 0 Å². The van der Waals surface area contributed by atoms with E-state index in [9.17, 15) is 9.59 Å². The van der Waals surface area contributed by atoms with E-state index >= 15 is 0 Å². The van der Waals surface area contributed by atoms with E-state index < -0.39 is 5.25 Å². The maximum absolute atomic E-state index is 11.7. The summed E-state index contributed by atoms with van der Waals surface area (Å²) in [7, 11) is 0. The van der Waals surface area contributed by atoms with Gasteiger partial charge in [0, 0.05) is 11.3 Å². The van der Waals surface area contributed by atoms with Crippen molar-refractivity contribution in [1.82, 2.24) is 5.43 Å². The molecule has 6 heteroatoms. The Morgan fingerprint density at radius 2 is 2.25 bits per heavy atom. The van der Waals surface area contributed by atoms with Gasteiger partial charge in [-0.25, -0.2) is 5.84 Å². The number of hydrazine groups is 1. The summed E-state index contributed by atoms with van der Waals surface area (Å²) in [6.45, 7) is 0. The number of para-hydroxylation sites is 1. The Kier molecular flexibility index (Phi) is 3.12. The molecule has 0 saturated carbocycles. The topological polar surface area (TPSA) is 84.2 Å². The third kappa shape index (κ3) is 2.17. The summed E-state index contributed by atoms with van der Waals surface area (Å²) in [6.07, 6.45) is 0.0847. The normalized spacial score (nSPS) is 18.6. The van der Waals surface area contributed by atoms with Crippen molar-refractivity contribution in [2.45, 2.75) is 16.6 Å². The molecule has 0 spiro atoms. The quantitative estimate of drug-likeness (QED) is 0.397. The number of nitrogens with one attached hydrogen (secondary N) is 2. The number of hydrogen-bond donors (Lipinski definition) is 3. The smallest absolute Gasteiger partial charge is 0.238 e. The van der Waals surface area contributed by atoms with E-state index in [2.05, 4.69) is 5.32 Å². The fraction of sp³-hybridized carbons (Fsp3) is 0.200. The minimum Gasteiger partial charge on any atom is -0.324 e. The van der Waals surface area contributed by atoms with Crippen LogP contribution in [-0.2, 0) is 9.59 Å². The molecule has 0 bridgehead atoms. The minimum atomic E-state index is -0.418. The summed E-state index contributed by atoms with van der Waals surface area (Å²) in [6, 6.07) is 7.49. The van der Waals surface area contributed by atoms with Crippen molar-refractivity contribution in [1.29, 1.82) is 0 Å². The van der Waals surface area contributed by atoms with Crippen LogP contribution >= 0.6 is 11.8 Å². The Morgan fingerprint density at radius 1 is 1.50 bits per heavy atom. The molecule has 1 aromatic rings. The van der Waals surface area contributed by atoms with Gasteiger partial charge in [-0.1, -0.05) is 12.1 Å². The largest absolute Gasteiger partial charge is 0.324 e. The molecule has 4 N–H and O–H groups in total. The molecule has 0 aliphatic carbocycles. The average Bonchev–Trinajstić information content (AvgIpc) is 2.30. The van der Waals surface area contributed by atoms with Crippen LogP contribution in [0.2, 0.25) is 0 Å². The molecule has 16 heavy (non-hydrogen) atoms. The summed E-state index contributed by atoms with van der Waals surface area (Å²) in [5, 5.41) is 2.34. The molecule has 1 atom stereocenters. The summed E-state index contributed by atoms with van der Waals surface area (Å²) in [5.41, 5.74) is 2.82. The number of fused-ring (bicyclic) bond motifs is 1. The lowest BCUT2D eigenvalue weighted by Crippen LogP contribution is -2.37. The summed E-state index contributed by atoms with van der Waals surface area (Å²) in [4.78, 5) is 23.7. The van der Waals surface area contributed by atoms with E-state index in [1.54, 1.807) is 0 Å². The van der Waals surface area contributed by atoms with E-state index in [4.69, 9.17) is 5.84 Å². The van der Waals surface area contributed by atoms with Crippen LogP contribution < -0.4 is 16.6 Å². The van der Waals surface area contributed by atoms with Crippen molar-refractivity contribution in [3.8, 4) is 0 Å². The molecule has 2 amide bonds. The summed E-state index contributed by atoms with van der Waals surface area (Å²) in [5.74, 6) is 4.49. The van der Waals surface area contributed by atoms with Crippen LogP contribution in [0.4, 0.5) is 5.69 Å². The number of benzene rings is 1. The molecule has 0 aromatic heterocycles. The molecule has 84 valence electrons. The zero-order valence-corrected chi connectivity index (χ0v) is 9.21. The lowest BCUT2D eigenvalue weighted by Gasteiger charge is -2.23. The fourth-order valence-corrected chi connectivity index (χ4v) is 2.56. The van der Waals surface area contributed by atoms with Crippen LogP contribution in [0.5, 0.6) is 0 Å². The molecule has 0 unspecified atom stereocenters. The highest BCUT2D eigenvalue weighted by Gasteiger charge is 2.28. The van der Waals surface area contributed by atoms with E-state index in [1.165, 1.54) is 11.8 Å². The van der Waals surface area contributed by atoms with Crippen LogP contribution in [0.15, 0.2) is 29.2 Å². The number of rotatable bonds is 2. The molecular formula is C10H11N3O2S. The minimum absolute atomic E-state index is 0.0847. The lowest BCUT2D eigenvalue weighted by molar-refractivity contribution is -0.124. The first-order chi connectivity index (χ1) is 7.70. The lowest BCUT2D eigenvalue weighted by atomic mass is 10.2. The van der Waals surface area contributed by atoms with Crippen LogP contribution in [0.25, 0.3) is 0 Å². The Morgan fingerprint density at radius 3 is 3.00 bits per heavy atom. The number of anilines is 1. The van der Waals surface area contributed by atoms with Crippen LogP contribution in [0.1, 0.15) is 6.42 Å². The number of thioether (sulfide) groups is 1. The maximum Gasteiger partial charge on any atom is 0.238 e. The SMILES string of the molecule is NNC(=O)C[C@@H]1Sc2ccccc2NC1=O. The molecule has 0 saturated heterocycles. The van der Waals surface area contributed by atoms with Crippen molar-refractivity contribution in [2.24, 2.45) is 5.84 Å². The first kappa shape index (κ1) is 11.0. The number of carbonyl (C=O) groups excluding carboxylic acids is 2. The monoisotopic (exact) mass is 237 g/mol. The molecule has 1 aliphatic rings. The Balaban J connectivity index is 2.15. The Labute approximate surface area is 96.7 Å². The van der Waals surface area contributed by atoms with Gasteiger partial charge in [-0.15, -0.1) is 11.8 Å². The second kappa shape index (κ2) is 4.54. The number of hydrogen-bond acceptors (Lipinski definition) is 4. The molecule has 0 fully saturated rings. The zero-order chi connectivity index (χ0) is 11.5. The van der Waals surface area contributed by atoms with Crippen LogP contribution in [-0.4, -0.2) is 17.1 Å². The molecule has 0 radical (unpaired) electrons.